The number of furan rings is 1. The predicted molar refractivity (Wildman–Crippen MR) is 86.1 cm³/mol. The van der Waals surface area contributed by atoms with Crippen molar-refractivity contribution in [2.45, 2.75) is 19.8 Å². The molecule has 0 aliphatic carbocycles. The van der Waals surface area contributed by atoms with Gasteiger partial charge in [-0.25, -0.2) is 4.79 Å². The number of hydrogen-bond acceptors (Lipinski definition) is 4. The Bertz CT molecular complexity index is 806. The lowest BCUT2D eigenvalue weighted by atomic mass is 9.99. The van der Waals surface area contributed by atoms with Crippen LogP contribution >= 0.6 is 11.6 Å². The molecule has 1 N–H and O–H groups in total. The Morgan fingerprint density at radius 2 is 2.27 bits per heavy atom. The number of anilines is 1. The lowest BCUT2D eigenvalue weighted by Crippen LogP contribution is -2.11. The summed E-state index contributed by atoms with van der Waals surface area (Å²) in [5.41, 5.74) is 3.53. The van der Waals surface area contributed by atoms with Gasteiger partial charge in [0.25, 0.3) is 0 Å². The maximum Gasteiger partial charge on any atom is 0.334 e. The molecule has 0 bridgehead atoms. The average Bonchev–Trinajstić information content (AvgIpc) is 2.98. The Balaban J connectivity index is 1.94. The van der Waals surface area contributed by atoms with E-state index >= 15 is 0 Å². The molecule has 2 aliphatic rings. The smallest absolute Gasteiger partial charge is 0.334 e. The van der Waals surface area contributed by atoms with E-state index in [4.69, 9.17) is 20.8 Å². The van der Waals surface area contributed by atoms with Crippen LogP contribution in [0.1, 0.15) is 24.7 Å². The fourth-order valence-corrected chi connectivity index (χ4v) is 3.40. The molecule has 0 saturated carbocycles. The van der Waals surface area contributed by atoms with Crippen molar-refractivity contribution < 1.29 is 13.9 Å². The van der Waals surface area contributed by atoms with Crippen molar-refractivity contribution in [3.63, 3.8) is 0 Å². The van der Waals surface area contributed by atoms with Crippen molar-refractivity contribution in [3.05, 3.63) is 34.1 Å². The minimum Gasteiger partial charge on any atom is -0.462 e. The fraction of sp³-hybridized carbons (Fsp3) is 0.353. The van der Waals surface area contributed by atoms with E-state index in [1.165, 1.54) is 0 Å². The summed E-state index contributed by atoms with van der Waals surface area (Å²) in [5, 5.41) is 5.15. The standard InChI is InChI=1S/C17H16ClNO3/c1-9-6-11-14(7-10-4-5-21-17(10)20)22-13-3-2-12(18)16(15(11)13)19-8-9/h2-3,7,9,19H,4-6,8H2,1H3. The van der Waals surface area contributed by atoms with Crippen LogP contribution in [0.5, 0.6) is 0 Å². The monoisotopic (exact) mass is 317 g/mol. The molecule has 2 aliphatic heterocycles. The van der Waals surface area contributed by atoms with E-state index < -0.39 is 0 Å². The van der Waals surface area contributed by atoms with Crippen LogP contribution in [-0.2, 0) is 16.0 Å². The Labute approximate surface area is 133 Å². The molecule has 114 valence electrons. The second-order valence-electron chi connectivity index (χ2n) is 5.99. The Kier molecular flexibility index (Phi) is 3.15. The number of ether oxygens (including phenoxy) is 1. The number of carbonyl (C=O) groups excluding carboxylic acids is 1. The largest absolute Gasteiger partial charge is 0.462 e. The number of carbonyl (C=O) groups is 1. The van der Waals surface area contributed by atoms with Crippen molar-refractivity contribution >= 4 is 40.3 Å². The topological polar surface area (TPSA) is 51.5 Å². The Morgan fingerprint density at radius 3 is 3.05 bits per heavy atom. The van der Waals surface area contributed by atoms with E-state index in [0.29, 0.717) is 29.5 Å². The van der Waals surface area contributed by atoms with Crippen LogP contribution in [0, 0.1) is 5.92 Å². The summed E-state index contributed by atoms with van der Waals surface area (Å²) in [5.74, 6) is 0.963. The Morgan fingerprint density at radius 1 is 1.41 bits per heavy atom. The average molecular weight is 318 g/mol. The van der Waals surface area contributed by atoms with Gasteiger partial charge in [-0.05, 0) is 30.5 Å². The van der Waals surface area contributed by atoms with E-state index in [-0.39, 0.29) is 5.97 Å². The van der Waals surface area contributed by atoms with Gasteiger partial charge in [0.1, 0.15) is 11.3 Å². The third kappa shape index (κ3) is 2.10. The van der Waals surface area contributed by atoms with E-state index in [1.807, 2.05) is 18.2 Å². The maximum atomic E-state index is 11.7. The van der Waals surface area contributed by atoms with Crippen LogP contribution in [0.3, 0.4) is 0 Å². The van der Waals surface area contributed by atoms with Crippen molar-refractivity contribution in [2.75, 3.05) is 18.5 Å². The molecule has 2 aromatic rings. The van der Waals surface area contributed by atoms with E-state index in [9.17, 15) is 4.79 Å². The summed E-state index contributed by atoms with van der Waals surface area (Å²) in [7, 11) is 0. The van der Waals surface area contributed by atoms with Crippen molar-refractivity contribution in [2.24, 2.45) is 5.92 Å². The first-order valence-corrected chi connectivity index (χ1v) is 7.86. The highest BCUT2D eigenvalue weighted by molar-refractivity contribution is 6.35. The summed E-state index contributed by atoms with van der Waals surface area (Å²) >= 11 is 6.34. The van der Waals surface area contributed by atoms with E-state index in [1.54, 1.807) is 0 Å². The van der Waals surface area contributed by atoms with Gasteiger partial charge in [-0.1, -0.05) is 18.5 Å². The molecule has 1 aromatic carbocycles. The lowest BCUT2D eigenvalue weighted by Gasteiger charge is -2.10. The summed E-state index contributed by atoms with van der Waals surface area (Å²) < 4.78 is 11.0. The van der Waals surface area contributed by atoms with Gasteiger partial charge in [0.05, 0.1) is 17.3 Å². The molecular formula is C17H16ClNO3. The minimum atomic E-state index is -0.245. The van der Waals surface area contributed by atoms with Gasteiger partial charge in [-0.3, -0.25) is 0 Å². The molecule has 0 radical (unpaired) electrons. The number of rotatable bonds is 1. The van der Waals surface area contributed by atoms with Crippen LogP contribution in [0.4, 0.5) is 5.69 Å². The van der Waals surface area contributed by atoms with Crippen molar-refractivity contribution in [1.82, 2.24) is 0 Å². The zero-order chi connectivity index (χ0) is 15.3. The summed E-state index contributed by atoms with van der Waals surface area (Å²) in [6.45, 7) is 3.51. The summed E-state index contributed by atoms with van der Waals surface area (Å²) in [6, 6.07) is 3.73. The third-order valence-electron chi connectivity index (χ3n) is 4.29. The van der Waals surface area contributed by atoms with Gasteiger partial charge in [0.15, 0.2) is 0 Å². The zero-order valence-corrected chi connectivity index (χ0v) is 13.0. The van der Waals surface area contributed by atoms with Gasteiger partial charge in [0, 0.05) is 29.5 Å². The molecule has 1 atom stereocenters. The van der Waals surface area contributed by atoms with Crippen LogP contribution in [0.2, 0.25) is 5.02 Å². The molecule has 5 heteroatoms. The highest BCUT2D eigenvalue weighted by Gasteiger charge is 2.25. The predicted octanol–water partition coefficient (Wildman–Crippen LogP) is 4.02. The van der Waals surface area contributed by atoms with Crippen molar-refractivity contribution in [3.8, 4) is 0 Å². The first kappa shape index (κ1) is 13.7. The Hall–Kier alpha value is -1.94. The summed E-state index contributed by atoms with van der Waals surface area (Å²) in [6.07, 6.45) is 3.36. The second kappa shape index (κ2) is 5.06. The van der Waals surface area contributed by atoms with Crippen LogP contribution in [0.15, 0.2) is 22.1 Å². The number of esters is 1. The second-order valence-corrected chi connectivity index (χ2v) is 6.39. The molecule has 4 nitrogen and oxygen atoms in total. The molecule has 4 rings (SSSR count). The molecule has 1 aromatic heterocycles. The van der Waals surface area contributed by atoms with E-state index in [0.717, 1.165) is 40.9 Å². The molecule has 22 heavy (non-hydrogen) atoms. The summed E-state index contributed by atoms with van der Waals surface area (Å²) in [4.78, 5) is 11.7. The van der Waals surface area contributed by atoms with E-state index in [2.05, 4.69) is 12.2 Å². The first-order chi connectivity index (χ1) is 10.6. The number of benzene rings is 1. The zero-order valence-electron chi connectivity index (χ0n) is 12.2. The number of cyclic esters (lactones) is 1. The number of halogens is 1. The van der Waals surface area contributed by atoms with Gasteiger partial charge in [-0.15, -0.1) is 0 Å². The first-order valence-electron chi connectivity index (χ1n) is 7.49. The third-order valence-corrected chi connectivity index (χ3v) is 4.60. The molecule has 0 amide bonds. The quantitative estimate of drug-likeness (QED) is 0.637. The molecule has 1 saturated heterocycles. The van der Waals surface area contributed by atoms with Crippen LogP contribution in [0.25, 0.3) is 17.0 Å². The van der Waals surface area contributed by atoms with Gasteiger partial charge in [0.2, 0.25) is 0 Å². The van der Waals surface area contributed by atoms with Gasteiger partial charge in [-0.2, -0.15) is 0 Å². The SMILES string of the molecule is CC1CNc2c(Cl)ccc3oc(C=C4CCOC4=O)c(c23)C1. The van der Waals surface area contributed by atoms with Crippen LogP contribution < -0.4 is 5.32 Å². The lowest BCUT2D eigenvalue weighted by molar-refractivity contribution is -0.134. The highest BCUT2D eigenvalue weighted by atomic mass is 35.5. The number of hydrogen-bond donors (Lipinski definition) is 1. The van der Waals surface area contributed by atoms with Gasteiger partial charge >= 0.3 is 5.97 Å². The fourth-order valence-electron chi connectivity index (χ4n) is 3.17. The van der Waals surface area contributed by atoms with Gasteiger partial charge < -0.3 is 14.5 Å². The molecule has 0 spiro atoms. The maximum absolute atomic E-state index is 11.7. The highest BCUT2D eigenvalue weighted by Crippen LogP contribution is 2.40. The van der Waals surface area contributed by atoms with Crippen LogP contribution in [-0.4, -0.2) is 19.1 Å². The molecule has 3 heterocycles. The molecule has 1 fully saturated rings. The minimum absolute atomic E-state index is 0.245. The molecular weight excluding hydrogens is 302 g/mol. The number of nitrogens with one attached hydrogen (secondary N) is 1. The normalized spacial score (nSPS) is 22.7. The van der Waals surface area contributed by atoms with Crippen molar-refractivity contribution in [1.29, 1.82) is 0 Å². The molecule has 1 unspecified atom stereocenters.